The Hall–Kier alpha value is -2.84. The minimum absolute atomic E-state index is 0.324. The first-order valence-corrected chi connectivity index (χ1v) is 7.30. The Kier molecular flexibility index (Phi) is 5.73. The van der Waals surface area contributed by atoms with Crippen LogP contribution in [0.4, 0.5) is 5.69 Å². The number of rotatable bonds is 4. The Bertz CT molecular complexity index is 768. The van der Waals surface area contributed by atoms with Crippen LogP contribution in [0.25, 0.3) is 0 Å². The summed E-state index contributed by atoms with van der Waals surface area (Å²) in [4.78, 5) is 23.5. The Labute approximate surface area is 138 Å². The zero-order valence-electron chi connectivity index (χ0n) is 12.2. The predicted octanol–water partition coefficient (Wildman–Crippen LogP) is 2.51. The Morgan fingerprint density at radius 3 is 2.61 bits per heavy atom. The molecule has 2 aromatic carbocycles. The minimum Gasteiger partial charge on any atom is -0.347 e. The quantitative estimate of drug-likeness (QED) is 0.846. The van der Waals surface area contributed by atoms with E-state index in [1.165, 1.54) is 6.07 Å². The molecule has 0 heterocycles. The van der Waals surface area contributed by atoms with Crippen LogP contribution in [0, 0.1) is 11.3 Å². The molecule has 0 saturated carbocycles. The van der Waals surface area contributed by atoms with Gasteiger partial charge < -0.3 is 10.6 Å². The highest BCUT2D eigenvalue weighted by Crippen LogP contribution is 2.11. The summed E-state index contributed by atoms with van der Waals surface area (Å²) in [5, 5.41) is 14.4. The molecule has 0 aliphatic rings. The fourth-order valence-corrected chi connectivity index (χ4v) is 2.16. The van der Waals surface area contributed by atoms with Crippen LogP contribution in [0.15, 0.2) is 48.5 Å². The molecule has 0 bridgehead atoms. The largest absolute Gasteiger partial charge is 0.347 e. The number of nitrogens with one attached hydrogen (secondary N) is 2. The number of hydrogen-bond donors (Lipinski definition) is 2. The van der Waals surface area contributed by atoms with Crippen LogP contribution in [0.1, 0.15) is 11.1 Å². The average Bonchev–Trinajstić information content (AvgIpc) is 2.55. The Balaban J connectivity index is 1.83. The van der Waals surface area contributed by atoms with Crippen molar-refractivity contribution < 1.29 is 9.59 Å². The van der Waals surface area contributed by atoms with Crippen molar-refractivity contribution in [2.75, 3.05) is 11.9 Å². The van der Waals surface area contributed by atoms with E-state index in [4.69, 9.17) is 16.9 Å². The first kappa shape index (κ1) is 16.5. The number of benzene rings is 2. The van der Waals surface area contributed by atoms with E-state index in [0.717, 1.165) is 5.56 Å². The van der Waals surface area contributed by atoms with Gasteiger partial charge in [0, 0.05) is 17.3 Å². The summed E-state index contributed by atoms with van der Waals surface area (Å²) in [6.45, 7) is 0.324. The second kappa shape index (κ2) is 7.97. The molecule has 116 valence electrons. The molecule has 2 amide bonds. The van der Waals surface area contributed by atoms with Crippen molar-refractivity contribution in [1.82, 2.24) is 5.32 Å². The average molecular weight is 328 g/mol. The molecule has 0 unspecified atom stereocenters. The molecule has 0 saturated heterocycles. The van der Waals surface area contributed by atoms with Crippen molar-refractivity contribution in [2.24, 2.45) is 0 Å². The fourth-order valence-electron chi connectivity index (χ4n) is 1.95. The highest BCUT2D eigenvalue weighted by Gasteiger charge is 2.13. The monoisotopic (exact) mass is 327 g/mol. The molecule has 23 heavy (non-hydrogen) atoms. The number of nitrogens with zero attached hydrogens (tertiary/aromatic N) is 1. The maximum absolute atomic E-state index is 11.8. The first-order valence-electron chi connectivity index (χ1n) is 6.92. The van der Waals surface area contributed by atoms with Gasteiger partial charge in [0.15, 0.2) is 0 Å². The molecule has 2 rings (SSSR count). The second-order valence-electron chi connectivity index (χ2n) is 4.78. The van der Waals surface area contributed by atoms with Crippen LogP contribution < -0.4 is 10.6 Å². The second-order valence-corrected chi connectivity index (χ2v) is 5.22. The van der Waals surface area contributed by atoms with Crippen LogP contribution in [-0.4, -0.2) is 18.4 Å². The van der Waals surface area contributed by atoms with Crippen molar-refractivity contribution in [3.8, 4) is 6.07 Å². The van der Waals surface area contributed by atoms with Crippen molar-refractivity contribution in [2.45, 2.75) is 6.42 Å². The molecule has 0 aliphatic carbocycles. The maximum Gasteiger partial charge on any atom is 0.313 e. The SMILES string of the molecule is N#Cc1cccc(NC(=O)C(=O)NCCc2cccc(Cl)c2)c1. The van der Waals surface area contributed by atoms with Gasteiger partial charge in [-0.15, -0.1) is 0 Å². The first-order chi connectivity index (χ1) is 11.1. The summed E-state index contributed by atoms with van der Waals surface area (Å²) in [7, 11) is 0. The van der Waals surface area contributed by atoms with Crippen molar-refractivity contribution in [3.63, 3.8) is 0 Å². The van der Waals surface area contributed by atoms with Gasteiger partial charge in [-0.1, -0.05) is 29.8 Å². The molecule has 0 aliphatic heterocycles. The van der Waals surface area contributed by atoms with Crippen molar-refractivity contribution in [3.05, 3.63) is 64.7 Å². The summed E-state index contributed by atoms with van der Waals surface area (Å²) < 4.78 is 0. The van der Waals surface area contributed by atoms with E-state index in [9.17, 15) is 9.59 Å². The molecule has 5 nitrogen and oxygen atoms in total. The summed E-state index contributed by atoms with van der Waals surface area (Å²) >= 11 is 5.88. The third-order valence-corrected chi connectivity index (χ3v) is 3.28. The molecular formula is C17H14ClN3O2. The normalized spacial score (nSPS) is 9.74. The molecule has 0 spiro atoms. The van der Waals surface area contributed by atoms with Gasteiger partial charge in [-0.3, -0.25) is 9.59 Å². The maximum atomic E-state index is 11.8. The third kappa shape index (κ3) is 5.13. The lowest BCUT2D eigenvalue weighted by Crippen LogP contribution is -2.36. The number of hydrogen-bond acceptors (Lipinski definition) is 3. The molecule has 2 N–H and O–H groups in total. The van der Waals surface area contributed by atoms with E-state index in [1.54, 1.807) is 30.3 Å². The van der Waals surface area contributed by atoms with Crippen LogP contribution >= 0.6 is 11.6 Å². The van der Waals surface area contributed by atoms with Gasteiger partial charge in [0.25, 0.3) is 0 Å². The van der Waals surface area contributed by atoms with Crippen LogP contribution in [0.3, 0.4) is 0 Å². The van der Waals surface area contributed by atoms with E-state index in [-0.39, 0.29) is 0 Å². The molecule has 0 radical (unpaired) electrons. The summed E-state index contributed by atoms with van der Waals surface area (Å²) in [5.41, 5.74) is 1.78. The molecule has 0 fully saturated rings. The van der Waals surface area contributed by atoms with Gasteiger partial charge in [0.1, 0.15) is 0 Å². The lowest BCUT2D eigenvalue weighted by atomic mass is 10.1. The van der Waals surface area contributed by atoms with E-state index >= 15 is 0 Å². The van der Waals surface area contributed by atoms with Crippen LogP contribution in [0.5, 0.6) is 0 Å². The third-order valence-electron chi connectivity index (χ3n) is 3.04. The highest BCUT2D eigenvalue weighted by molar-refractivity contribution is 6.39. The minimum atomic E-state index is -0.772. The van der Waals surface area contributed by atoms with Crippen LogP contribution in [0.2, 0.25) is 5.02 Å². The molecular weight excluding hydrogens is 314 g/mol. The summed E-state index contributed by atoms with van der Waals surface area (Å²) in [5.74, 6) is -1.50. The topological polar surface area (TPSA) is 82.0 Å². The molecule has 6 heteroatoms. The van der Waals surface area contributed by atoms with Crippen LogP contribution in [-0.2, 0) is 16.0 Å². The number of carbonyl (C=O) groups excluding carboxylic acids is 2. The summed E-state index contributed by atoms with van der Waals surface area (Å²) in [6.07, 6.45) is 0.573. The van der Waals surface area contributed by atoms with E-state index in [1.807, 2.05) is 18.2 Å². The highest BCUT2D eigenvalue weighted by atomic mass is 35.5. The van der Waals surface area contributed by atoms with Gasteiger partial charge >= 0.3 is 11.8 Å². The van der Waals surface area contributed by atoms with Gasteiger partial charge in [0.05, 0.1) is 11.6 Å². The lowest BCUT2D eigenvalue weighted by Gasteiger charge is -2.07. The standard InChI is InChI=1S/C17H14ClN3O2/c18-14-5-1-3-12(9-14)7-8-20-16(22)17(23)21-15-6-2-4-13(10-15)11-19/h1-6,9-10H,7-8H2,(H,20,22)(H,21,23). The number of halogens is 1. The number of carbonyl (C=O) groups is 2. The van der Waals surface area contributed by atoms with Gasteiger partial charge in [-0.25, -0.2) is 0 Å². The Morgan fingerprint density at radius 2 is 1.87 bits per heavy atom. The van der Waals surface area contributed by atoms with E-state index in [0.29, 0.717) is 29.2 Å². The van der Waals surface area contributed by atoms with E-state index < -0.39 is 11.8 Å². The Morgan fingerprint density at radius 1 is 1.09 bits per heavy atom. The van der Waals surface area contributed by atoms with Gasteiger partial charge in [0.2, 0.25) is 0 Å². The number of anilines is 1. The van der Waals surface area contributed by atoms with Gasteiger partial charge in [-0.05, 0) is 42.3 Å². The van der Waals surface area contributed by atoms with Gasteiger partial charge in [-0.2, -0.15) is 5.26 Å². The smallest absolute Gasteiger partial charge is 0.313 e. The van der Waals surface area contributed by atoms with E-state index in [2.05, 4.69) is 10.6 Å². The number of amides is 2. The zero-order chi connectivity index (χ0) is 16.7. The zero-order valence-corrected chi connectivity index (χ0v) is 12.9. The molecule has 2 aromatic rings. The predicted molar refractivity (Wildman–Crippen MR) is 88.0 cm³/mol. The van der Waals surface area contributed by atoms with Crippen molar-refractivity contribution >= 4 is 29.1 Å². The number of nitriles is 1. The molecule has 0 atom stereocenters. The summed E-state index contributed by atoms with van der Waals surface area (Å²) in [6, 6.07) is 15.6. The lowest BCUT2D eigenvalue weighted by molar-refractivity contribution is -0.136. The fraction of sp³-hybridized carbons (Fsp3) is 0.118. The van der Waals surface area contributed by atoms with Crippen molar-refractivity contribution in [1.29, 1.82) is 5.26 Å². The molecule has 0 aromatic heterocycles.